The van der Waals surface area contributed by atoms with Gasteiger partial charge in [0.25, 0.3) is 5.91 Å². The Labute approximate surface area is 194 Å². The average molecular weight is 464 g/mol. The van der Waals surface area contributed by atoms with E-state index in [2.05, 4.69) is 20.7 Å². The fourth-order valence-electron chi connectivity index (χ4n) is 2.95. The van der Waals surface area contributed by atoms with E-state index in [1.54, 1.807) is 18.4 Å². The Morgan fingerprint density at radius 3 is 2.56 bits per heavy atom. The van der Waals surface area contributed by atoms with Crippen LogP contribution in [0.25, 0.3) is 17.1 Å². The fraction of sp³-hybridized carbons (Fsp3) is 0.130. The number of amides is 1. The zero-order valence-electron chi connectivity index (χ0n) is 17.6. The topological polar surface area (TPSA) is 81.4 Å². The number of thiophene rings is 1. The molecule has 0 radical (unpaired) electrons. The molecule has 0 aliphatic rings. The second-order valence-corrected chi connectivity index (χ2v) is 8.59. The first-order chi connectivity index (χ1) is 15.7. The molecule has 0 aliphatic heterocycles. The summed E-state index contributed by atoms with van der Waals surface area (Å²) in [7, 11) is 1.63. The third-order valence-corrected chi connectivity index (χ3v) is 6.46. The molecule has 0 spiro atoms. The van der Waals surface area contributed by atoms with E-state index in [9.17, 15) is 4.79 Å². The van der Waals surface area contributed by atoms with Gasteiger partial charge in [0.15, 0.2) is 11.0 Å². The van der Waals surface area contributed by atoms with Gasteiger partial charge in [0.2, 0.25) is 0 Å². The van der Waals surface area contributed by atoms with Crippen molar-refractivity contribution in [1.82, 2.24) is 20.2 Å². The van der Waals surface area contributed by atoms with Gasteiger partial charge in [-0.25, -0.2) is 5.43 Å². The van der Waals surface area contributed by atoms with E-state index >= 15 is 0 Å². The molecule has 4 aromatic rings. The fourth-order valence-corrected chi connectivity index (χ4v) is 4.37. The van der Waals surface area contributed by atoms with Gasteiger partial charge in [-0.1, -0.05) is 36.0 Å². The van der Waals surface area contributed by atoms with E-state index in [4.69, 9.17) is 4.74 Å². The smallest absolute Gasteiger partial charge is 0.250 e. The molecule has 0 atom stereocenters. The average Bonchev–Trinajstić information content (AvgIpc) is 3.52. The van der Waals surface area contributed by atoms with E-state index in [0.29, 0.717) is 11.0 Å². The molecule has 4 rings (SSSR count). The van der Waals surface area contributed by atoms with Crippen LogP contribution in [0.2, 0.25) is 0 Å². The van der Waals surface area contributed by atoms with Crippen molar-refractivity contribution < 1.29 is 9.53 Å². The van der Waals surface area contributed by atoms with Gasteiger partial charge in [0, 0.05) is 16.1 Å². The normalized spacial score (nSPS) is 11.4. The number of nitrogens with zero attached hydrogens (tertiary/aromatic N) is 4. The SMILES string of the molecule is COc1ccc(-c2nnc(SCC(=O)N/N=C(\C)c3cccs3)n2-c2ccccc2)cc1. The van der Waals surface area contributed by atoms with Gasteiger partial charge >= 0.3 is 0 Å². The van der Waals surface area contributed by atoms with Crippen LogP contribution in [0.5, 0.6) is 5.75 Å². The lowest BCUT2D eigenvalue weighted by molar-refractivity contribution is -0.118. The maximum atomic E-state index is 12.4. The molecule has 2 aromatic heterocycles. The molecular formula is C23H21N5O2S2. The molecule has 7 nitrogen and oxygen atoms in total. The van der Waals surface area contributed by atoms with Crippen LogP contribution >= 0.6 is 23.1 Å². The zero-order valence-corrected chi connectivity index (χ0v) is 19.2. The molecule has 2 heterocycles. The van der Waals surface area contributed by atoms with Crippen LogP contribution in [0, 0.1) is 0 Å². The van der Waals surface area contributed by atoms with Crippen LogP contribution in [0.3, 0.4) is 0 Å². The third kappa shape index (κ3) is 5.06. The quantitative estimate of drug-likeness (QED) is 0.234. The number of carbonyl (C=O) groups is 1. The lowest BCUT2D eigenvalue weighted by atomic mass is 10.2. The third-order valence-electron chi connectivity index (χ3n) is 4.55. The van der Waals surface area contributed by atoms with Crippen LogP contribution in [0.4, 0.5) is 0 Å². The zero-order chi connectivity index (χ0) is 22.3. The minimum absolute atomic E-state index is 0.162. The van der Waals surface area contributed by atoms with Gasteiger partial charge in [-0.05, 0) is 54.8 Å². The van der Waals surface area contributed by atoms with Crippen LogP contribution in [0.1, 0.15) is 11.8 Å². The Bertz CT molecular complexity index is 1200. The molecule has 162 valence electrons. The van der Waals surface area contributed by atoms with Crippen molar-refractivity contribution in [3.8, 4) is 22.8 Å². The number of nitrogens with one attached hydrogen (secondary N) is 1. The Morgan fingerprint density at radius 1 is 1.09 bits per heavy atom. The van der Waals surface area contributed by atoms with Gasteiger partial charge in [-0.2, -0.15) is 5.10 Å². The molecule has 0 saturated heterocycles. The summed E-state index contributed by atoms with van der Waals surface area (Å²) in [6.07, 6.45) is 0. The largest absolute Gasteiger partial charge is 0.497 e. The first kappa shape index (κ1) is 21.8. The molecule has 1 amide bonds. The summed E-state index contributed by atoms with van der Waals surface area (Å²) in [6, 6.07) is 21.4. The minimum Gasteiger partial charge on any atom is -0.497 e. The molecule has 1 N–H and O–H groups in total. The molecule has 0 saturated carbocycles. The van der Waals surface area contributed by atoms with Gasteiger partial charge in [0.1, 0.15) is 5.75 Å². The van der Waals surface area contributed by atoms with Crippen LogP contribution < -0.4 is 10.2 Å². The number of hydrogen-bond donors (Lipinski definition) is 1. The number of rotatable bonds is 8. The maximum Gasteiger partial charge on any atom is 0.250 e. The van der Waals surface area contributed by atoms with E-state index in [-0.39, 0.29) is 11.7 Å². The first-order valence-corrected chi connectivity index (χ1v) is 11.7. The van der Waals surface area contributed by atoms with Crippen molar-refractivity contribution in [2.24, 2.45) is 5.10 Å². The highest BCUT2D eigenvalue weighted by Crippen LogP contribution is 2.28. The number of hydrazone groups is 1. The monoisotopic (exact) mass is 463 g/mol. The Hall–Kier alpha value is -3.43. The lowest BCUT2D eigenvalue weighted by Crippen LogP contribution is -2.21. The number of thioether (sulfide) groups is 1. The second-order valence-electron chi connectivity index (χ2n) is 6.70. The number of carbonyl (C=O) groups excluding carboxylic acids is 1. The summed E-state index contributed by atoms with van der Waals surface area (Å²) in [6.45, 7) is 1.87. The molecule has 0 fully saturated rings. The van der Waals surface area contributed by atoms with Crippen molar-refractivity contribution in [2.45, 2.75) is 12.1 Å². The first-order valence-electron chi connectivity index (χ1n) is 9.81. The van der Waals surface area contributed by atoms with Gasteiger partial charge in [-0.15, -0.1) is 21.5 Å². The van der Waals surface area contributed by atoms with Crippen LogP contribution in [0.15, 0.2) is 82.4 Å². The number of benzene rings is 2. The molecule has 9 heteroatoms. The van der Waals surface area contributed by atoms with Crippen molar-refractivity contribution in [3.63, 3.8) is 0 Å². The summed E-state index contributed by atoms with van der Waals surface area (Å²) in [5, 5.41) is 15.5. The van der Waals surface area contributed by atoms with E-state index < -0.39 is 0 Å². The van der Waals surface area contributed by atoms with E-state index in [1.165, 1.54) is 11.8 Å². The number of para-hydroxylation sites is 1. The summed E-state index contributed by atoms with van der Waals surface area (Å²) in [5.41, 5.74) is 5.20. The predicted molar refractivity (Wildman–Crippen MR) is 129 cm³/mol. The number of methoxy groups -OCH3 is 1. The van der Waals surface area contributed by atoms with Gasteiger partial charge in [-0.3, -0.25) is 9.36 Å². The standard InChI is InChI=1S/C23H21N5O2S2/c1-16(20-9-6-14-31-20)24-25-21(29)15-32-23-27-26-22(17-10-12-19(30-2)13-11-17)28(23)18-7-4-3-5-8-18/h3-14H,15H2,1-2H3,(H,25,29)/b24-16+. The predicted octanol–water partition coefficient (Wildman–Crippen LogP) is 4.64. The van der Waals surface area contributed by atoms with Crippen LogP contribution in [-0.4, -0.2) is 39.2 Å². The van der Waals surface area contributed by atoms with Gasteiger partial charge < -0.3 is 4.74 Å². The van der Waals surface area contributed by atoms with Crippen molar-refractivity contribution in [3.05, 3.63) is 77.0 Å². The van der Waals surface area contributed by atoms with Gasteiger partial charge in [0.05, 0.1) is 18.6 Å². The van der Waals surface area contributed by atoms with E-state index in [0.717, 1.165) is 27.6 Å². The van der Waals surface area contributed by atoms with Crippen molar-refractivity contribution >= 4 is 34.7 Å². The Kier molecular flexibility index (Phi) is 6.98. The Balaban J connectivity index is 1.54. The second kappa shape index (κ2) is 10.3. The highest BCUT2D eigenvalue weighted by atomic mass is 32.2. The molecule has 0 bridgehead atoms. The van der Waals surface area contributed by atoms with Crippen molar-refractivity contribution in [2.75, 3.05) is 12.9 Å². The molecule has 2 aromatic carbocycles. The summed E-state index contributed by atoms with van der Waals surface area (Å²) in [5.74, 6) is 1.41. The molecule has 0 aliphatic carbocycles. The minimum atomic E-state index is -0.209. The number of aromatic nitrogens is 3. The maximum absolute atomic E-state index is 12.4. The highest BCUT2D eigenvalue weighted by Gasteiger charge is 2.17. The number of hydrogen-bond acceptors (Lipinski definition) is 7. The molecular weight excluding hydrogens is 442 g/mol. The number of ether oxygens (including phenoxy) is 1. The summed E-state index contributed by atoms with van der Waals surface area (Å²) >= 11 is 2.89. The molecule has 32 heavy (non-hydrogen) atoms. The van der Waals surface area contributed by atoms with Crippen LogP contribution in [-0.2, 0) is 4.79 Å². The lowest BCUT2D eigenvalue weighted by Gasteiger charge is -2.10. The van der Waals surface area contributed by atoms with E-state index in [1.807, 2.05) is 83.6 Å². The van der Waals surface area contributed by atoms with Crippen molar-refractivity contribution in [1.29, 1.82) is 0 Å². The molecule has 0 unspecified atom stereocenters. The highest BCUT2D eigenvalue weighted by molar-refractivity contribution is 7.99. The summed E-state index contributed by atoms with van der Waals surface area (Å²) < 4.78 is 7.20. The summed E-state index contributed by atoms with van der Waals surface area (Å²) in [4.78, 5) is 13.4. The Morgan fingerprint density at radius 2 is 1.88 bits per heavy atom.